The average Bonchev–Trinajstić information content (AvgIpc) is 3.22. The van der Waals surface area contributed by atoms with E-state index in [-0.39, 0.29) is 11.3 Å². The van der Waals surface area contributed by atoms with Crippen molar-refractivity contribution in [3.05, 3.63) is 101 Å². The van der Waals surface area contributed by atoms with E-state index in [0.717, 1.165) is 43.7 Å². The van der Waals surface area contributed by atoms with Gasteiger partial charge in [-0.3, -0.25) is 4.79 Å². The number of rotatable bonds is 6. The number of carbonyl (C=O) groups is 1. The van der Waals surface area contributed by atoms with Gasteiger partial charge in [0.2, 0.25) is 5.91 Å². The first-order chi connectivity index (χ1) is 17.4. The molecule has 1 aliphatic rings. The Morgan fingerprint density at radius 3 is 2.36 bits per heavy atom. The Kier molecular flexibility index (Phi) is 6.97. The minimum Gasteiger partial charge on any atom is -0.343 e. The number of piperidine rings is 1. The summed E-state index contributed by atoms with van der Waals surface area (Å²) < 4.78 is 2.37. The predicted molar refractivity (Wildman–Crippen MR) is 150 cm³/mol. The lowest BCUT2D eigenvalue weighted by atomic mass is 9.87. The minimum absolute atomic E-state index is 0.00926. The van der Waals surface area contributed by atoms with Gasteiger partial charge in [0.25, 0.3) is 0 Å². The highest BCUT2D eigenvalue weighted by atomic mass is 16.1. The van der Waals surface area contributed by atoms with Crippen molar-refractivity contribution in [2.75, 3.05) is 18.4 Å². The molecule has 1 amide bonds. The molecule has 2 N–H and O–H groups in total. The van der Waals surface area contributed by atoms with Gasteiger partial charge in [-0.1, -0.05) is 81.4 Å². The number of aromatic nitrogens is 1. The van der Waals surface area contributed by atoms with Crippen LogP contribution in [0.5, 0.6) is 0 Å². The van der Waals surface area contributed by atoms with Crippen LogP contribution in [0.15, 0.2) is 79.0 Å². The van der Waals surface area contributed by atoms with Gasteiger partial charge < -0.3 is 15.2 Å². The number of hydrogen-bond acceptors (Lipinski definition) is 2. The highest BCUT2D eigenvalue weighted by Crippen LogP contribution is 2.35. The quantitative estimate of drug-likeness (QED) is 0.326. The third-order valence-electron chi connectivity index (χ3n) is 7.36. The maximum atomic E-state index is 12.7. The molecule has 4 nitrogen and oxygen atoms in total. The van der Waals surface area contributed by atoms with Crippen LogP contribution in [-0.2, 0) is 23.2 Å². The van der Waals surface area contributed by atoms with Gasteiger partial charge in [-0.25, -0.2) is 0 Å². The van der Waals surface area contributed by atoms with Gasteiger partial charge in [0.15, 0.2) is 0 Å². The second kappa shape index (κ2) is 10.3. The zero-order valence-electron chi connectivity index (χ0n) is 21.7. The predicted octanol–water partition coefficient (Wildman–Crippen LogP) is 6.64. The van der Waals surface area contributed by atoms with E-state index in [0.29, 0.717) is 12.3 Å². The molecule has 0 unspecified atom stereocenters. The van der Waals surface area contributed by atoms with Crippen molar-refractivity contribution >= 4 is 22.5 Å². The molecule has 0 spiro atoms. The zero-order valence-corrected chi connectivity index (χ0v) is 21.7. The van der Waals surface area contributed by atoms with Gasteiger partial charge in [0.05, 0.1) is 11.9 Å². The number of benzene rings is 3. The normalized spacial score (nSPS) is 14.8. The van der Waals surface area contributed by atoms with Gasteiger partial charge in [-0.2, -0.15) is 0 Å². The van der Waals surface area contributed by atoms with E-state index in [1.807, 2.05) is 30.3 Å². The maximum Gasteiger partial charge on any atom is 0.228 e. The maximum absolute atomic E-state index is 12.7. The Morgan fingerprint density at radius 1 is 0.944 bits per heavy atom. The van der Waals surface area contributed by atoms with E-state index < -0.39 is 0 Å². The van der Waals surface area contributed by atoms with Crippen LogP contribution in [0.4, 0.5) is 5.69 Å². The van der Waals surface area contributed by atoms with E-state index in [1.54, 1.807) is 0 Å². The third kappa shape index (κ3) is 5.55. The van der Waals surface area contributed by atoms with E-state index in [9.17, 15) is 4.79 Å². The molecule has 2 heterocycles. The highest BCUT2D eigenvalue weighted by molar-refractivity contribution is 5.95. The Hall–Kier alpha value is -3.37. The fourth-order valence-electron chi connectivity index (χ4n) is 5.28. The zero-order chi connectivity index (χ0) is 25.1. The van der Waals surface area contributed by atoms with E-state index in [1.165, 1.54) is 27.6 Å². The standard InChI is InChI=1S/C32H37N3O/c1-32(2,3)26-11-9-24(10-12-26)21-35-22-29(25-15-17-33-18-16-25)28-14-13-27(20-30(28)35)34-31(36)19-23-7-5-4-6-8-23/h4-14,20,22,25,33H,15-19,21H2,1-3H3,(H,34,36). The number of amides is 1. The Balaban J connectivity index is 1.44. The van der Waals surface area contributed by atoms with Gasteiger partial charge in [0.1, 0.15) is 0 Å². The molecule has 36 heavy (non-hydrogen) atoms. The molecule has 1 saturated heterocycles. The summed E-state index contributed by atoms with van der Waals surface area (Å²) in [5.74, 6) is 0.576. The van der Waals surface area contributed by atoms with Crippen LogP contribution in [0, 0.1) is 0 Å². The second-order valence-corrected chi connectivity index (χ2v) is 11.1. The number of carbonyl (C=O) groups excluding carboxylic acids is 1. The monoisotopic (exact) mass is 479 g/mol. The summed E-state index contributed by atoms with van der Waals surface area (Å²) in [7, 11) is 0. The van der Waals surface area contributed by atoms with Crippen LogP contribution in [0.3, 0.4) is 0 Å². The number of anilines is 1. The van der Waals surface area contributed by atoms with Crippen molar-refractivity contribution in [1.82, 2.24) is 9.88 Å². The lowest BCUT2D eigenvalue weighted by molar-refractivity contribution is -0.115. The topological polar surface area (TPSA) is 46.1 Å². The lowest BCUT2D eigenvalue weighted by Gasteiger charge is -2.22. The van der Waals surface area contributed by atoms with E-state index >= 15 is 0 Å². The van der Waals surface area contributed by atoms with E-state index in [4.69, 9.17) is 0 Å². The summed E-state index contributed by atoms with van der Waals surface area (Å²) in [4.78, 5) is 12.7. The second-order valence-electron chi connectivity index (χ2n) is 11.1. The van der Waals surface area contributed by atoms with Crippen molar-refractivity contribution < 1.29 is 4.79 Å². The molecule has 1 aliphatic heterocycles. The summed E-state index contributed by atoms with van der Waals surface area (Å²) in [6.45, 7) is 9.70. The molecular weight excluding hydrogens is 442 g/mol. The molecule has 4 aromatic rings. The first-order valence-electron chi connectivity index (χ1n) is 13.1. The first kappa shape index (κ1) is 24.3. The van der Waals surface area contributed by atoms with Crippen LogP contribution in [0.1, 0.15) is 61.8 Å². The number of hydrogen-bond donors (Lipinski definition) is 2. The molecule has 0 saturated carbocycles. The van der Waals surface area contributed by atoms with Gasteiger partial charge in [0, 0.05) is 23.8 Å². The summed E-state index contributed by atoms with van der Waals surface area (Å²) >= 11 is 0. The summed E-state index contributed by atoms with van der Waals surface area (Å²) in [6, 6.07) is 25.3. The molecule has 1 fully saturated rings. The van der Waals surface area contributed by atoms with Gasteiger partial charge >= 0.3 is 0 Å². The number of fused-ring (bicyclic) bond motifs is 1. The Bertz CT molecular complexity index is 1320. The number of nitrogens with one attached hydrogen (secondary N) is 2. The van der Waals surface area contributed by atoms with Crippen LogP contribution >= 0.6 is 0 Å². The van der Waals surface area contributed by atoms with Crippen molar-refractivity contribution in [2.24, 2.45) is 0 Å². The van der Waals surface area contributed by atoms with Gasteiger partial charge in [-0.05, 0) is 71.7 Å². The Labute approximate surface area is 214 Å². The molecule has 3 aromatic carbocycles. The molecule has 0 atom stereocenters. The van der Waals surface area contributed by atoms with Crippen LogP contribution in [-0.4, -0.2) is 23.6 Å². The molecular formula is C32H37N3O. The van der Waals surface area contributed by atoms with Crippen LogP contribution in [0.2, 0.25) is 0 Å². The highest BCUT2D eigenvalue weighted by Gasteiger charge is 2.21. The lowest BCUT2D eigenvalue weighted by Crippen LogP contribution is -2.26. The van der Waals surface area contributed by atoms with Gasteiger partial charge in [-0.15, -0.1) is 0 Å². The summed E-state index contributed by atoms with van der Waals surface area (Å²) in [5, 5.41) is 7.92. The molecule has 5 rings (SSSR count). The van der Waals surface area contributed by atoms with Crippen molar-refractivity contribution in [2.45, 2.75) is 57.9 Å². The molecule has 0 radical (unpaired) electrons. The molecule has 1 aromatic heterocycles. The van der Waals surface area contributed by atoms with Crippen molar-refractivity contribution in [3.63, 3.8) is 0 Å². The minimum atomic E-state index is 0.00926. The molecule has 0 bridgehead atoms. The smallest absolute Gasteiger partial charge is 0.228 e. The van der Waals surface area contributed by atoms with Crippen molar-refractivity contribution in [1.29, 1.82) is 0 Å². The van der Waals surface area contributed by atoms with E-state index in [2.05, 4.69) is 84.6 Å². The summed E-state index contributed by atoms with van der Waals surface area (Å²) in [5.41, 5.74) is 7.26. The summed E-state index contributed by atoms with van der Waals surface area (Å²) in [6.07, 6.45) is 5.05. The SMILES string of the molecule is CC(C)(C)c1ccc(Cn2cc(C3CCNCC3)c3ccc(NC(=O)Cc4ccccc4)cc32)cc1. The first-order valence-corrected chi connectivity index (χ1v) is 13.1. The Morgan fingerprint density at radius 2 is 1.67 bits per heavy atom. The molecule has 0 aliphatic carbocycles. The number of nitrogens with zero attached hydrogens (tertiary/aromatic N) is 1. The fraction of sp³-hybridized carbons (Fsp3) is 0.344. The van der Waals surface area contributed by atoms with Crippen LogP contribution in [0.25, 0.3) is 10.9 Å². The average molecular weight is 480 g/mol. The van der Waals surface area contributed by atoms with Crippen molar-refractivity contribution in [3.8, 4) is 0 Å². The third-order valence-corrected chi connectivity index (χ3v) is 7.36. The van der Waals surface area contributed by atoms with Crippen LogP contribution < -0.4 is 10.6 Å². The molecule has 4 heteroatoms. The fourth-order valence-corrected chi connectivity index (χ4v) is 5.28. The largest absolute Gasteiger partial charge is 0.343 e. The molecule has 186 valence electrons.